The summed E-state index contributed by atoms with van der Waals surface area (Å²) in [5, 5.41) is 7.42. The molecule has 0 fully saturated rings. The highest BCUT2D eigenvalue weighted by Crippen LogP contribution is 2.29. The summed E-state index contributed by atoms with van der Waals surface area (Å²) in [5.74, 6) is 0.677. The van der Waals surface area contributed by atoms with Gasteiger partial charge in [-0.1, -0.05) is 53.3 Å². The Bertz CT molecular complexity index is 1270. The van der Waals surface area contributed by atoms with Crippen LogP contribution in [0.2, 0.25) is 0 Å². The van der Waals surface area contributed by atoms with Gasteiger partial charge in [0.15, 0.2) is 0 Å². The lowest BCUT2D eigenvalue weighted by atomic mass is 9.96. The molecule has 0 aliphatic carbocycles. The van der Waals surface area contributed by atoms with Crippen LogP contribution in [-0.2, 0) is 0 Å². The zero-order valence-corrected chi connectivity index (χ0v) is 16.8. The maximum absolute atomic E-state index is 12.6. The van der Waals surface area contributed by atoms with Gasteiger partial charge in [-0.2, -0.15) is 0 Å². The largest absolute Gasteiger partial charge is 0.431 e. The lowest BCUT2D eigenvalue weighted by Crippen LogP contribution is -2.80. The van der Waals surface area contributed by atoms with Crippen molar-refractivity contribution < 1.29 is 9.41 Å². The van der Waals surface area contributed by atoms with Crippen LogP contribution in [0.15, 0.2) is 64.0 Å². The summed E-state index contributed by atoms with van der Waals surface area (Å²) in [6.45, 7) is 3.96. The molecule has 2 aromatic carbocycles. The van der Waals surface area contributed by atoms with Crippen molar-refractivity contribution in [3.05, 3.63) is 87.5 Å². The van der Waals surface area contributed by atoms with Crippen molar-refractivity contribution in [1.29, 1.82) is 0 Å². The normalized spacial score (nSPS) is 15.5. The monoisotopic (exact) mass is 403 g/mol. The first-order valence-corrected chi connectivity index (χ1v) is 10.1. The van der Waals surface area contributed by atoms with Gasteiger partial charge < -0.3 is 4.42 Å². The fourth-order valence-corrected chi connectivity index (χ4v) is 4.36. The average molecular weight is 403 g/mol. The Kier molecular flexibility index (Phi) is 4.17. The predicted octanol–water partition coefficient (Wildman–Crippen LogP) is 2.93. The molecule has 7 heteroatoms. The molecule has 144 valence electrons. The minimum atomic E-state index is -0.352. The van der Waals surface area contributed by atoms with Gasteiger partial charge in [-0.3, -0.25) is 4.99 Å². The van der Waals surface area contributed by atoms with E-state index < -0.39 is 0 Å². The number of nitrogens with zero attached hydrogens (tertiary/aromatic N) is 1. The zero-order chi connectivity index (χ0) is 20.0. The first-order valence-electron chi connectivity index (χ1n) is 9.30. The smallest absolute Gasteiger partial charge is 0.356 e. The summed E-state index contributed by atoms with van der Waals surface area (Å²) in [5.41, 5.74) is 4.94. The Balaban J connectivity index is 1.59. The summed E-state index contributed by atoms with van der Waals surface area (Å²) in [6, 6.07) is 15.8. The molecule has 0 radical (unpaired) electrons. The van der Waals surface area contributed by atoms with Crippen LogP contribution in [0.3, 0.4) is 0 Å². The van der Waals surface area contributed by atoms with E-state index >= 15 is 0 Å². The summed E-state index contributed by atoms with van der Waals surface area (Å²) < 4.78 is 6.36. The predicted molar refractivity (Wildman–Crippen MR) is 116 cm³/mol. The first-order chi connectivity index (χ1) is 14.1. The van der Waals surface area contributed by atoms with Gasteiger partial charge in [-0.25, -0.2) is 20.4 Å². The van der Waals surface area contributed by atoms with Gasteiger partial charge in [0.2, 0.25) is 0 Å². The third-order valence-electron chi connectivity index (χ3n) is 4.99. The van der Waals surface area contributed by atoms with E-state index in [1.807, 2.05) is 62.4 Å². The van der Waals surface area contributed by atoms with Gasteiger partial charge in [0.25, 0.3) is 5.13 Å². The van der Waals surface area contributed by atoms with Crippen molar-refractivity contribution in [2.24, 2.45) is 0 Å². The molecule has 1 aliphatic heterocycles. The van der Waals surface area contributed by atoms with E-state index in [4.69, 9.17) is 4.42 Å². The minimum Gasteiger partial charge on any atom is -0.431 e. The fraction of sp³-hybridized carbons (Fsp3) is 0.136. The lowest BCUT2D eigenvalue weighted by Gasteiger charge is -2.21. The summed E-state index contributed by atoms with van der Waals surface area (Å²) >= 11 is 1.58. The molecule has 0 saturated heterocycles. The van der Waals surface area contributed by atoms with Crippen molar-refractivity contribution >= 4 is 38.3 Å². The molecule has 0 amide bonds. The van der Waals surface area contributed by atoms with Crippen molar-refractivity contribution in [1.82, 2.24) is 4.98 Å². The molecule has 29 heavy (non-hydrogen) atoms. The number of nitrogens with one attached hydrogen (secondary N) is 3. The van der Waals surface area contributed by atoms with Crippen molar-refractivity contribution in [3.8, 4) is 0 Å². The molecular weight excluding hydrogens is 384 g/mol. The molecule has 4 aromatic rings. The van der Waals surface area contributed by atoms with Gasteiger partial charge in [-0.05, 0) is 31.5 Å². The Morgan fingerprint density at radius 3 is 2.72 bits per heavy atom. The van der Waals surface area contributed by atoms with E-state index in [1.165, 1.54) is 6.26 Å². The van der Waals surface area contributed by atoms with Gasteiger partial charge >= 0.3 is 11.6 Å². The summed E-state index contributed by atoms with van der Waals surface area (Å²) in [7, 11) is 0. The van der Waals surface area contributed by atoms with Crippen molar-refractivity contribution in [3.63, 3.8) is 0 Å². The number of anilines is 2. The average Bonchev–Trinajstić information content (AvgIpc) is 3.13. The lowest BCUT2D eigenvalue weighted by molar-refractivity contribution is -0.499. The third-order valence-corrected chi connectivity index (χ3v) is 5.94. The molecule has 0 spiro atoms. The maximum Gasteiger partial charge on any atom is 0.356 e. The van der Waals surface area contributed by atoms with E-state index in [0.717, 1.165) is 37.7 Å². The summed E-state index contributed by atoms with van der Waals surface area (Å²) in [4.78, 5) is 20.6. The van der Waals surface area contributed by atoms with E-state index in [2.05, 4.69) is 20.6 Å². The van der Waals surface area contributed by atoms with Crippen LogP contribution in [-0.4, -0.2) is 10.9 Å². The van der Waals surface area contributed by atoms with E-state index in [-0.39, 0.29) is 11.7 Å². The highest BCUT2D eigenvalue weighted by molar-refractivity contribution is 7.22. The maximum atomic E-state index is 12.6. The second-order valence-corrected chi connectivity index (χ2v) is 8.13. The second-order valence-electron chi connectivity index (χ2n) is 7.09. The molecule has 6 nitrogen and oxygen atoms in total. The van der Waals surface area contributed by atoms with Gasteiger partial charge in [0.1, 0.15) is 23.6 Å². The standard InChI is InChI=1S/C22H18N4O2S/c1-12-7-9-14(10-8-12)19-17-18(13(2)11-28-20(17)27)24-21(25-19)26-22-23-15-5-3-4-6-16(15)29-22/h3-11,19H,1-2H3,(H2,23,24,25,26)/p+1. The molecule has 0 bridgehead atoms. The first kappa shape index (κ1) is 17.6. The number of hydrogen-bond acceptors (Lipinski definition) is 6. The zero-order valence-electron chi connectivity index (χ0n) is 15.9. The highest BCUT2D eigenvalue weighted by Gasteiger charge is 2.32. The van der Waals surface area contributed by atoms with E-state index in [1.54, 1.807) is 11.3 Å². The Labute approximate surface area is 171 Å². The molecule has 1 unspecified atom stereocenters. The van der Waals surface area contributed by atoms with Gasteiger partial charge in [0, 0.05) is 5.56 Å². The van der Waals surface area contributed by atoms with Gasteiger partial charge in [0.05, 0.1) is 10.2 Å². The van der Waals surface area contributed by atoms with Crippen LogP contribution >= 0.6 is 11.3 Å². The van der Waals surface area contributed by atoms with Crippen molar-refractivity contribution in [2.75, 3.05) is 10.6 Å². The topological polar surface area (TPSA) is 81.1 Å². The number of aryl methyl sites for hydroxylation is 2. The van der Waals surface area contributed by atoms with Gasteiger partial charge in [-0.15, -0.1) is 0 Å². The fourth-order valence-electron chi connectivity index (χ4n) is 3.49. The van der Waals surface area contributed by atoms with Crippen LogP contribution < -0.4 is 21.3 Å². The molecule has 2 aromatic heterocycles. The SMILES string of the molecule is Cc1ccc(C2[NH+]=C(Nc3nc4ccccc4s3)Nc3c(C)coc(=O)c32)cc1. The molecule has 3 heterocycles. The van der Waals surface area contributed by atoms with E-state index in [0.29, 0.717) is 11.5 Å². The van der Waals surface area contributed by atoms with Crippen LogP contribution in [0, 0.1) is 13.8 Å². The number of aromatic nitrogens is 1. The Morgan fingerprint density at radius 1 is 1.14 bits per heavy atom. The van der Waals surface area contributed by atoms with Crippen LogP contribution in [0.1, 0.15) is 28.3 Å². The Hall–Kier alpha value is -3.45. The number of thiazole rings is 1. The number of hydrogen-bond donors (Lipinski definition) is 3. The van der Waals surface area contributed by atoms with Crippen LogP contribution in [0.4, 0.5) is 10.8 Å². The molecular formula is C22H19N4O2S+. The molecule has 1 aliphatic rings. The quantitative estimate of drug-likeness (QED) is 0.480. The number of fused-ring (bicyclic) bond motifs is 2. The molecule has 5 rings (SSSR count). The molecule has 3 N–H and O–H groups in total. The van der Waals surface area contributed by atoms with E-state index in [9.17, 15) is 4.79 Å². The molecule has 0 saturated carbocycles. The van der Waals surface area contributed by atoms with Crippen molar-refractivity contribution in [2.45, 2.75) is 19.9 Å². The number of guanidine groups is 1. The number of benzene rings is 2. The third kappa shape index (κ3) is 3.19. The van der Waals surface area contributed by atoms with Crippen LogP contribution in [0.25, 0.3) is 10.2 Å². The van der Waals surface area contributed by atoms with Crippen LogP contribution in [0.5, 0.6) is 0 Å². The number of para-hydroxylation sites is 1. The minimum absolute atomic E-state index is 0.333. The molecule has 1 atom stereocenters. The second kappa shape index (κ2) is 6.86. The Morgan fingerprint density at radius 2 is 1.93 bits per heavy atom. The summed E-state index contributed by atoms with van der Waals surface area (Å²) in [6.07, 6.45) is 1.49. The highest BCUT2D eigenvalue weighted by atomic mass is 32.1. The number of rotatable bonds is 2.